The third-order valence-corrected chi connectivity index (χ3v) is 4.02. The second-order valence-electron chi connectivity index (χ2n) is 5.86. The number of rotatable bonds is 7. The molecule has 0 bridgehead atoms. The first-order valence-electron chi connectivity index (χ1n) is 8.00. The highest BCUT2D eigenvalue weighted by molar-refractivity contribution is 5.87. The van der Waals surface area contributed by atoms with Gasteiger partial charge in [-0.15, -0.1) is 0 Å². The van der Waals surface area contributed by atoms with Crippen LogP contribution in [-0.4, -0.2) is 22.4 Å². The molecular weight excluding hydrogens is 340 g/mol. The summed E-state index contributed by atoms with van der Waals surface area (Å²) >= 11 is 0. The Balaban J connectivity index is 1.82. The van der Waals surface area contributed by atoms with Gasteiger partial charge in [-0.2, -0.15) is 0 Å². The van der Waals surface area contributed by atoms with Crippen LogP contribution in [0.5, 0.6) is 0 Å². The maximum Gasteiger partial charge on any atom is 0.330 e. The number of ether oxygens (including phenoxy) is 1. The Morgan fingerprint density at radius 1 is 1.19 bits per heavy atom. The molecule has 2 rings (SSSR count). The Bertz CT molecular complexity index is 792. The molecule has 0 saturated carbocycles. The lowest BCUT2D eigenvalue weighted by Crippen LogP contribution is -2.13. The summed E-state index contributed by atoms with van der Waals surface area (Å²) in [6.07, 6.45) is 6.86. The van der Waals surface area contributed by atoms with Crippen molar-refractivity contribution in [3.8, 4) is 0 Å². The molecule has 0 N–H and O–H groups in total. The van der Waals surface area contributed by atoms with Crippen molar-refractivity contribution in [1.82, 2.24) is 0 Å². The van der Waals surface area contributed by atoms with E-state index in [0.717, 1.165) is 5.57 Å². The maximum atomic E-state index is 11.7. The summed E-state index contributed by atoms with van der Waals surface area (Å²) in [5.74, 6) is -0.483. The number of non-ortho nitro benzene ring substituents is 1. The minimum absolute atomic E-state index is 0.0195. The molecule has 0 amide bonds. The fraction of sp³-hybridized carbons (Fsp3) is 0.278. The summed E-state index contributed by atoms with van der Waals surface area (Å²) < 4.78 is 5.12. The van der Waals surface area contributed by atoms with Crippen molar-refractivity contribution >= 4 is 17.7 Å². The second-order valence-corrected chi connectivity index (χ2v) is 5.86. The molecule has 0 saturated heterocycles. The van der Waals surface area contributed by atoms with Gasteiger partial charge in [-0.25, -0.2) is 4.79 Å². The maximum absolute atomic E-state index is 11.7. The first-order valence-corrected chi connectivity index (χ1v) is 8.00. The molecule has 26 heavy (non-hydrogen) atoms. The monoisotopic (exact) mass is 358 g/mol. The van der Waals surface area contributed by atoms with Crippen LogP contribution in [0.4, 0.5) is 5.69 Å². The number of carbonyl (C=O) groups is 1. The molecule has 1 aromatic carbocycles. The summed E-state index contributed by atoms with van der Waals surface area (Å²) in [5.41, 5.74) is 1.81. The second kappa shape index (κ2) is 8.70. The summed E-state index contributed by atoms with van der Waals surface area (Å²) in [6, 6.07) is 5.79. The Hall–Kier alpha value is -3.29. The van der Waals surface area contributed by atoms with E-state index in [2.05, 4.69) is 0 Å². The molecule has 0 aliphatic heterocycles. The number of hydrogen-bond acceptors (Lipinski definition) is 6. The van der Waals surface area contributed by atoms with Crippen molar-refractivity contribution in [2.45, 2.75) is 19.8 Å². The Morgan fingerprint density at radius 3 is 2.46 bits per heavy atom. The van der Waals surface area contributed by atoms with Gasteiger partial charge >= 0.3 is 5.97 Å². The lowest BCUT2D eigenvalue weighted by molar-refractivity contribution is -0.428. The van der Waals surface area contributed by atoms with Crippen molar-refractivity contribution in [2.75, 3.05) is 6.61 Å². The van der Waals surface area contributed by atoms with E-state index in [1.54, 1.807) is 6.08 Å². The fourth-order valence-electron chi connectivity index (χ4n) is 2.53. The molecule has 1 unspecified atom stereocenters. The number of nitro benzene ring substituents is 1. The minimum Gasteiger partial charge on any atom is -0.462 e. The van der Waals surface area contributed by atoms with Gasteiger partial charge in [-0.1, -0.05) is 18.6 Å². The molecule has 1 aliphatic rings. The molecule has 8 nitrogen and oxygen atoms in total. The molecular formula is C18H18N2O6. The van der Waals surface area contributed by atoms with E-state index in [1.165, 1.54) is 42.5 Å². The van der Waals surface area contributed by atoms with Gasteiger partial charge in [0.25, 0.3) is 5.69 Å². The van der Waals surface area contributed by atoms with E-state index >= 15 is 0 Å². The number of esters is 1. The number of carbonyl (C=O) groups excluding carboxylic acids is 1. The predicted octanol–water partition coefficient (Wildman–Crippen LogP) is 3.67. The summed E-state index contributed by atoms with van der Waals surface area (Å²) in [4.78, 5) is 32.2. The van der Waals surface area contributed by atoms with E-state index in [9.17, 15) is 25.0 Å². The largest absolute Gasteiger partial charge is 0.462 e. The van der Waals surface area contributed by atoms with Crippen LogP contribution in [0.15, 0.2) is 53.8 Å². The molecule has 0 heterocycles. The molecule has 0 spiro atoms. The topological polar surface area (TPSA) is 113 Å². The number of nitro groups is 2. The van der Waals surface area contributed by atoms with Gasteiger partial charge < -0.3 is 4.74 Å². The van der Waals surface area contributed by atoms with Crippen LogP contribution >= 0.6 is 0 Å². The normalized spacial score (nSPS) is 16.7. The van der Waals surface area contributed by atoms with E-state index in [4.69, 9.17) is 4.74 Å². The third-order valence-electron chi connectivity index (χ3n) is 4.02. The Kier molecular flexibility index (Phi) is 6.37. The third kappa shape index (κ3) is 5.37. The summed E-state index contributed by atoms with van der Waals surface area (Å²) in [6.45, 7) is 2.08. The molecule has 1 aromatic rings. The minimum atomic E-state index is -0.520. The number of hydrogen-bond donors (Lipinski definition) is 0. The van der Waals surface area contributed by atoms with Crippen molar-refractivity contribution < 1.29 is 19.4 Å². The Morgan fingerprint density at radius 2 is 1.88 bits per heavy atom. The summed E-state index contributed by atoms with van der Waals surface area (Å²) in [7, 11) is 0. The van der Waals surface area contributed by atoms with Gasteiger partial charge in [0.15, 0.2) is 0 Å². The molecule has 0 fully saturated rings. The quantitative estimate of drug-likeness (QED) is 0.318. The standard InChI is InChI=1S/C18H18N2O6/c1-13-12-17(20(24)25)8-5-15(13)10-11-26-18(21)9-4-14-2-6-16(7-3-14)19(22)23/h2-9,13H,10-12H2,1H3/b9-4+. The SMILES string of the molecule is CC1CC([N+](=O)[O-])=CC=C1CCOC(=O)/C=C/c1ccc([N+](=O)[O-])cc1. The molecule has 0 radical (unpaired) electrons. The van der Waals surface area contributed by atoms with Gasteiger partial charge in [-0.3, -0.25) is 20.2 Å². The van der Waals surface area contributed by atoms with Gasteiger partial charge in [0.1, 0.15) is 0 Å². The van der Waals surface area contributed by atoms with E-state index in [-0.39, 0.29) is 28.8 Å². The number of nitrogens with zero attached hydrogens (tertiary/aromatic N) is 2. The highest BCUT2D eigenvalue weighted by Crippen LogP contribution is 2.27. The summed E-state index contributed by atoms with van der Waals surface area (Å²) in [5, 5.41) is 21.3. The van der Waals surface area contributed by atoms with Crippen molar-refractivity contribution in [1.29, 1.82) is 0 Å². The van der Waals surface area contributed by atoms with Gasteiger partial charge in [-0.05, 0) is 29.7 Å². The first kappa shape index (κ1) is 19.0. The zero-order valence-corrected chi connectivity index (χ0v) is 14.2. The van der Waals surface area contributed by atoms with Gasteiger partial charge in [0.2, 0.25) is 5.70 Å². The molecule has 8 heteroatoms. The van der Waals surface area contributed by atoms with Crippen molar-refractivity contribution in [3.63, 3.8) is 0 Å². The lowest BCUT2D eigenvalue weighted by atomic mass is 9.90. The fourth-order valence-corrected chi connectivity index (χ4v) is 2.53. The van der Waals surface area contributed by atoms with Crippen LogP contribution in [0.3, 0.4) is 0 Å². The van der Waals surface area contributed by atoms with Crippen LogP contribution in [0.1, 0.15) is 25.3 Å². The van der Waals surface area contributed by atoms with Crippen molar-refractivity contribution in [3.05, 3.63) is 79.6 Å². The Labute approximate surface area is 149 Å². The van der Waals surface area contributed by atoms with Crippen LogP contribution in [0.25, 0.3) is 6.08 Å². The van der Waals surface area contributed by atoms with E-state index in [0.29, 0.717) is 18.4 Å². The zero-order chi connectivity index (χ0) is 19.1. The van der Waals surface area contributed by atoms with Gasteiger partial charge in [0, 0.05) is 37.1 Å². The highest BCUT2D eigenvalue weighted by Gasteiger charge is 2.21. The average Bonchev–Trinajstić information content (AvgIpc) is 2.61. The number of allylic oxidation sites excluding steroid dienone is 3. The zero-order valence-electron chi connectivity index (χ0n) is 14.2. The smallest absolute Gasteiger partial charge is 0.330 e. The highest BCUT2D eigenvalue weighted by atomic mass is 16.6. The van der Waals surface area contributed by atoms with Crippen LogP contribution in [0, 0.1) is 26.1 Å². The van der Waals surface area contributed by atoms with Crippen molar-refractivity contribution in [2.24, 2.45) is 5.92 Å². The molecule has 1 aliphatic carbocycles. The van der Waals surface area contributed by atoms with Crippen LogP contribution in [-0.2, 0) is 9.53 Å². The predicted molar refractivity (Wildman–Crippen MR) is 94.6 cm³/mol. The number of benzene rings is 1. The lowest BCUT2D eigenvalue weighted by Gasteiger charge is -2.17. The van der Waals surface area contributed by atoms with E-state index < -0.39 is 10.9 Å². The molecule has 136 valence electrons. The molecule has 0 aromatic heterocycles. The van der Waals surface area contributed by atoms with Gasteiger partial charge in [0.05, 0.1) is 16.5 Å². The van der Waals surface area contributed by atoms with E-state index in [1.807, 2.05) is 6.92 Å². The van der Waals surface area contributed by atoms with Crippen LogP contribution in [0.2, 0.25) is 0 Å². The molecule has 1 atom stereocenters. The first-order chi connectivity index (χ1) is 12.4. The van der Waals surface area contributed by atoms with Crippen LogP contribution < -0.4 is 0 Å². The average molecular weight is 358 g/mol.